The molecule has 0 saturated carbocycles. The summed E-state index contributed by atoms with van der Waals surface area (Å²) in [7, 11) is 0. The second-order valence-electron chi connectivity index (χ2n) is 6.53. The van der Waals surface area contributed by atoms with Crippen LogP contribution in [0.5, 0.6) is 0 Å². The Morgan fingerprint density at radius 1 is 0.885 bits per heavy atom. The lowest BCUT2D eigenvalue weighted by atomic mass is 9.95. The lowest BCUT2D eigenvalue weighted by Crippen LogP contribution is -2.23. The predicted molar refractivity (Wildman–Crippen MR) is 105 cm³/mol. The first kappa shape index (κ1) is 16.3. The Morgan fingerprint density at radius 3 is 2.04 bits per heavy atom. The summed E-state index contributed by atoms with van der Waals surface area (Å²) in [6, 6.07) is 20.1. The van der Waals surface area contributed by atoms with E-state index >= 15 is 0 Å². The van der Waals surface area contributed by atoms with Gasteiger partial charge in [0.25, 0.3) is 5.91 Å². The molecule has 1 aromatic heterocycles. The summed E-state index contributed by atoms with van der Waals surface area (Å²) in [5.74, 6) is -0.496. The number of primary amides is 1. The van der Waals surface area contributed by atoms with E-state index in [-0.39, 0.29) is 0 Å². The van der Waals surface area contributed by atoms with Gasteiger partial charge in [0, 0.05) is 30.4 Å². The molecular formula is C22H21N3O. The third-order valence-corrected chi connectivity index (χ3v) is 4.85. The molecule has 4 nitrogen and oxygen atoms in total. The zero-order valence-corrected chi connectivity index (χ0v) is 14.6. The fourth-order valence-electron chi connectivity index (χ4n) is 3.66. The summed E-state index contributed by atoms with van der Waals surface area (Å²) < 4.78 is 0. The molecule has 0 aliphatic carbocycles. The first-order valence-electron chi connectivity index (χ1n) is 8.94. The molecule has 0 atom stereocenters. The monoisotopic (exact) mass is 343 g/mol. The average Bonchev–Trinajstić information content (AvgIpc) is 3.22. The van der Waals surface area contributed by atoms with Crippen molar-refractivity contribution in [2.45, 2.75) is 12.8 Å². The molecule has 1 saturated heterocycles. The lowest BCUT2D eigenvalue weighted by Gasteiger charge is -2.26. The Morgan fingerprint density at radius 2 is 1.46 bits per heavy atom. The number of carbonyl (C=O) groups excluding carboxylic acids is 1. The Balaban J connectivity index is 2.04. The van der Waals surface area contributed by atoms with Crippen molar-refractivity contribution in [3.8, 4) is 22.3 Å². The molecule has 2 heterocycles. The smallest absolute Gasteiger partial charge is 0.268 e. The molecule has 0 spiro atoms. The van der Waals surface area contributed by atoms with E-state index in [1.807, 2.05) is 48.5 Å². The van der Waals surface area contributed by atoms with Gasteiger partial charge in [-0.25, -0.2) is 4.98 Å². The third-order valence-electron chi connectivity index (χ3n) is 4.85. The van der Waals surface area contributed by atoms with E-state index in [0.29, 0.717) is 5.69 Å². The van der Waals surface area contributed by atoms with Crippen LogP contribution in [0, 0.1) is 0 Å². The maximum Gasteiger partial charge on any atom is 0.268 e. The number of anilines is 1. The topological polar surface area (TPSA) is 59.2 Å². The number of rotatable bonds is 4. The van der Waals surface area contributed by atoms with Crippen molar-refractivity contribution in [2.24, 2.45) is 5.73 Å². The van der Waals surface area contributed by atoms with Gasteiger partial charge in [0.15, 0.2) is 0 Å². The third kappa shape index (κ3) is 2.94. The number of benzene rings is 2. The molecular weight excluding hydrogens is 322 g/mol. The molecule has 1 amide bonds. The fraction of sp³-hybridized carbons (Fsp3) is 0.182. The highest BCUT2D eigenvalue weighted by molar-refractivity contribution is 6.04. The van der Waals surface area contributed by atoms with E-state index in [4.69, 9.17) is 5.73 Å². The van der Waals surface area contributed by atoms with E-state index in [0.717, 1.165) is 53.9 Å². The minimum absolute atomic E-state index is 0.331. The predicted octanol–water partition coefficient (Wildman–Crippen LogP) is 4.11. The van der Waals surface area contributed by atoms with Crippen molar-refractivity contribution in [3.05, 3.63) is 72.6 Å². The number of amides is 1. The first-order valence-corrected chi connectivity index (χ1v) is 8.94. The van der Waals surface area contributed by atoms with E-state index in [1.165, 1.54) is 0 Å². The summed E-state index contributed by atoms with van der Waals surface area (Å²) in [5.41, 5.74) is 11.0. The van der Waals surface area contributed by atoms with Crippen molar-refractivity contribution < 1.29 is 4.79 Å². The summed E-state index contributed by atoms with van der Waals surface area (Å²) >= 11 is 0. The first-order chi connectivity index (χ1) is 12.8. The van der Waals surface area contributed by atoms with Gasteiger partial charge in [0.05, 0.1) is 5.69 Å². The van der Waals surface area contributed by atoms with Gasteiger partial charge in [-0.1, -0.05) is 60.7 Å². The highest BCUT2D eigenvalue weighted by Crippen LogP contribution is 2.42. The molecule has 130 valence electrons. The van der Waals surface area contributed by atoms with Crippen LogP contribution in [0.2, 0.25) is 0 Å². The molecule has 0 unspecified atom stereocenters. The standard InChI is InChI=1S/C22H21N3O/c23-22(26)20-19(17-11-5-2-6-12-17)21(25-13-7-8-14-25)18(15-24-20)16-9-3-1-4-10-16/h1-6,9-12,15H,7-8,13-14H2,(H2,23,26). The van der Waals surface area contributed by atoms with Crippen molar-refractivity contribution in [1.82, 2.24) is 4.98 Å². The van der Waals surface area contributed by atoms with Crippen LogP contribution in [-0.2, 0) is 0 Å². The Hall–Kier alpha value is -3.14. The number of pyridine rings is 1. The molecule has 0 bridgehead atoms. The number of nitrogens with zero attached hydrogens (tertiary/aromatic N) is 2. The van der Waals surface area contributed by atoms with Crippen LogP contribution >= 0.6 is 0 Å². The van der Waals surface area contributed by atoms with Gasteiger partial charge in [-0.3, -0.25) is 4.79 Å². The quantitative estimate of drug-likeness (QED) is 0.775. The highest BCUT2D eigenvalue weighted by Gasteiger charge is 2.25. The second kappa shape index (κ2) is 7.00. The molecule has 0 radical (unpaired) electrons. The lowest BCUT2D eigenvalue weighted by molar-refractivity contribution is 0.0996. The maximum atomic E-state index is 12.2. The van der Waals surface area contributed by atoms with E-state index < -0.39 is 5.91 Å². The molecule has 1 aliphatic heterocycles. The second-order valence-corrected chi connectivity index (χ2v) is 6.53. The van der Waals surface area contributed by atoms with Gasteiger partial charge in [0.2, 0.25) is 0 Å². The van der Waals surface area contributed by atoms with E-state index in [2.05, 4.69) is 22.0 Å². The summed E-state index contributed by atoms with van der Waals surface area (Å²) in [6.07, 6.45) is 4.09. The minimum Gasteiger partial charge on any atom is -0.370 e. The molecule has 2 N–H and O–H groups in total. The molecule has 1 aliphatic rings. The van der Waals surface area contributed by atoms with Crippen molar-refractivity contribution in [1.29, 1.82) is 0 Å². The molecule has 26 heavy (non-hydrogen) atoms. The van der Waals surface area contributed by atoms with Crippen LogP contribution in [0.3, 0.4) is 0 Å². The zero-order chi connectivity index (χ0) is 17.9. The summed E-state index contributed by atoms with van der Waals surface area (Å²) in [6.45, 7) is 1.95. The van der Waals surface area contributed by atoms with Gasteiger partial charge in [-0.15, -0.1) is 0 Å². The summed E-state index contributed by atoms with van der Waals surface area (Å²) in [4.78, 5) is 19.0. The number of carbonyl (C=O) groups is 1. The molecule has 2 aromatic carbocycles. The largest absolute Gasteiger partial charge is 0.370 e. The molecule has 3 aromatic rings. The molecule has 4 heteroatoms. The Labute approximate surface area is 153 Å². The van der Waals surface area contributed by atoms with Crippen LogP contribution in [0.25, 0.3) is 22.3 Å². The van der Waals surface area contributed by atoms with Gasteiger partial charge < -0.3 is 10.6 Å². The van der Waals surface area contributed by atoms with Crippen LogP contribution in [0.1, 0.15) is 23.3 Å². The summed E-state index contributed by atoms with van der Waals surface area (Å²) in [5, 5.41) is 0. The Kier molecular flexibility index (Phi) is 4.40. The van der Waals surface area contributed by atoms with Crippen LogP contribution < -0.4 is 10.6 Å². The molecule has 4 rings (SSSR count). The van der Waals surface area contributed by atoms with Crippen molar-refractivity contribution >= 4 is 11.6 Å². The zero-order valence-electron chi connectivity index (χ0n) is 14.6. The minimum atomic E-state index is -0.496. The number of aromatic nitrogens is 1. The highest BCUT2D eigenvalue weighted by atomic mass is 16.1. The van der Waals surface area contributed by atoms with E-state index in [9.17, 15) is 4.79 Å². The average molecular weight is 343 g/mol. The van der Waals surface area contributed by atoms with Crippen molar-refractivity contribution in [2.75, 3.05) is 18.0 Å². The van der Waals surface area contributed by atoms with Crippen molar-refractivity contribution in [3.63, 3.8) is 0 Å². The fourth-order valence-corrected chi connectivity index (χ4v) is 3.66. The number of hydrogen-bond acceptors (Lipinski definition) is 3. The molecule has 1 fully saturated rings. The Bertz CT molecular complexity index is 917. The van der Waals surface area contributed by atoms with Crippen LogP contribution in [0.15, 0.2) is 66.9 Å². The van der Waals surface area contributed by atoms with Crippen LogP contribution in [0.4, 0.5) is 5.69 Å². The maximum absolute atomic E-state index is 12.2. The SMILES string of the molecule is NC(=O)c1ncc(-c2ccccc2)c(N2CCCC2)c1-c1ccccc1. The number of hydrogen-bond donors (Lipinski definition) is 1. The van der Waals surface area contributed by atoms with Gasteiger partial charge in [-0.2, -0.15) is 0 Å². The van der Waals surface area contributed by atoms with Gasteiger partial charge in [-0.05, 0) is 24.0 Å². The van der Waals surface area contributed by atoms with Crippen LogP contribution in [-0.4, -0.2) is 24.0 Å². The normalized spacial score (nSPS) is 13.8. The van der Waals surface area contributed by atoms with E-state index in [1.54, 1.807) is 6.20 Å². The number of nitrogens with two attached hydrogens (primary N) is 1. The van der Waals surface area contributed by atoms with Gasteiger partial charge >= 0.3 is 0 Å². The van der Waals surface area contributed by atoms with Gasteiger partial charge in [0.1, 0.15) is 5.69 Å².